The zero-order chi connectivity index (χ0) is 21.5. The molecule has 2 heterocycles. The van der Waals surface area contributed by atoms with Crippen LogP contribution >= 0.6 is 22.9 Å². The minimum absolute atomic E-state index is 0.0418. The normalized spacial score (nSPS) is 17.0. The average molecular weight is 463 g/mol. The van der Waals surface area contributed by atoms with Crippen molar-refractivity contribution in [1.29, 1.82) is 5.41 Å². The Morgan fingerprint density at radius 1 is 1.27 bits per heavy atom. The standard InChI is InChI=1S/C20H19ClN4O3S2/c21-15-5-4-13-9-18(29-17(13)10-15)30(27,28)24-16-6-7-25(20(16)26)11-12-2-1-3-14(8-12)19(22)23/h1-5,8-10,16,24H,6-7,11H2,(H3,22,23). The molecule has 0 aliphatic carbocycles. The highest BCUT2D eigenvalue weighted by Crippen LogP contribution is 2.31. The third-order valence-corrected chi connectivity index (χ3v) is 8.21. The number of hydrogen-bond donors (Lipinski definition) is 3. The summed E-state index contributed by atoms with van der Waals surface area (Å²) in [5.41, 5.74) is 6.94. The Morgan fingerprint density at radius 3 is 2.83 bits per heavy atom. The van der Waals surface area contributed by atoms with Crippen molar-refractivity contribution in [3.63, 3.8) is 0 Å². The van der Waals surface area contributed by atoms with Crippen LogP contribution in [0, 0.1) is 5.41 Å². The number of nitrogen functional groups attached to an aromatic ring is 1. The highest BCUT2D eigenvalue weighted by molar-refractivity contribution is 7.91. The molecular formula is C20H19ClN4O3S2. The lowest BCUT2D eigenvalue weighted by Crippen LogP contribution is -2.41. The molecule has 1 aliphatic rings. The van der Waals surface area contributed by atoms with Gasteiger partial charge in [-0.25, -0.2) is 8.42 Å². The molecule has 30 heavy (non-hydrogen) atoms. The smallest absolute Gasteiger partial charge is 0.250 e. The summed E-state index contributed by atoms with van der Waals surface area (Å²) in [6.45, 7) is 0.776. The van der Waals surface area contributed by atoms with Crippen LogP contribution in [-0.2, 0) is 21.4 Å². The SMILES string of the molecule is N=C(N)c1cccc(CN2CCC(NS(=O)(=O)c3cc4ccc(Cl)cc4s3)C2=O)c1. The second kappa shape index (κ2) is 7.99. The van der Waals surface area contributed by atoms with Crippen molar-refractivity contribution in [1.82, 2.24) is 9.62 Å². The van der Waals surface area contributed by atoms with Gasteiger partial charge in [-0.3, -0.25) is 10.2 Å². The first kappa shape index (κ1) is 20.8. The van der Waals surface area contributed by atoms with Crippen molar-refractivity contribution >= 4 is 54.8 Å². The summed E-state index contributed by atoms with van der Waals surface area (Å²) >= 11 is 7.10. The Kier molecular flexibility index (Phi) is 5.54. The van der Waals surface area contributed by atoms with Gasteiger partial charge < -0.3 is 10.6 Å². The van der Waals surface area contributed by atoms with Gasteiger partial charge >= 0.3 is 0 Å². The molecule has 0 saturated carbocycles. The van der Waals surface area contributed by atoms with Crippen LogP contribution in [0.4, 0.5) is 0 Å². The molecule has 3 aromatic rings. The Morgan fingerprint density at radius 2 is 2.07 bits per heavy atom. The fourth-order valence-corrected chi connectivity index (χ4v) is 6.34. The van der Waals surface area contributed by atoms with E-state index in [0.717, 1.165) is 27.0 Å². The largest absolute Gasteiger partial charge is 0.384 e. The van der Waals surface area contributed by atoms with Gasteiger partial charge in [-0.15, -0.1) is 11.3 Å². The molecule has 1 amide bonds. The number of nitrogens with zero attached hydrogens (tertiary/aromatic N) is 1. The molecule has 1 atom stereocenters. The van der Waals surface area contributed by atoms with E-state index in [4.69, 9.17) is 22.7 Å². The molecule has 10 heteroatoms. The van der Waals surface area contributed by atoms with Crippen LogP contribution in [0.2, 0.25) is 5.02 Å². The van der Waals surface area contributed by atoms with E-state index in [0.29, 0.717) is 30.1 Å². The summed E-state index contributed by atoms with van der Waals surface area (Å²) in [5.74, 6) is -0.309. The number of nitrogens with two attached hydrogens (primary N) is 1. The predicted molar refractivity (Wildman–Crippen MR) is 118 cm³/mol. The van der Waals surface area contributed by atoms with Crippen LogP contribution in [0.15, 0.2) is 52.7 Å². The maximum atomic E-state index is 12.8. The first-order chi connectivity index (χ1) is 14.2. The van der Waals surface area contributed by atoms with Gasteiger partial charge in [0.1, 0.15) is 16.1 Å². The van der Waals surface area contributed by atoms with E-state index < -0.39 is 16.1 Å². The molecule has 1 fully saturated rings. The van der Waals surface area contributed by atoms with Gasteiger partial charge in [0.05, 0.1) is 0 Å². The van der Waals surface area contributed by atoms with Gasteiger partial charge in [-0.1, -0.05) is 35.9 Å². The van der Waals surface area contributed by atoms with Gasteiger partial charge in [0.2, 0.25) is 5.91 Å². The van der Waals surface area contributed by atoms with E-state index in [9.17, 15) is 13.2 Å². The van der Waals surface area contributed by atoms with E-state index in [-0.39, 0.29) is 16.0 Å². The van der Waals surface area contributed by atoms with E-state index >= 15 is 0 Å². The Bertz CT molecular complexity index is 1260. The third kappa shape index (κ3) is 4.20. The fourth-order valence-electron chi connectivity index (χ4n) is 3.42. The summed E-state index contributed by atoms with van der Waals surface area (Å²) in [4.78, 5) is 14.4. The summed E-state index contributed by atoms with van der Waals surface area (Å²) in [7, 11) is -3.83. The van der Waals surface area contributed by atoms with E-state index in [2.05, 4.69) is 4.72 Å². The Labute approximate surface area is 183 Å². The lowest BCUT2D eigenvalue weighted by molar-refractivity contribution is -0.129. The van der Waals surface area contributed by atoms with Crippen molar-refractivity contribution in [2.45, 2.75) is 23.2 Å². The number of sulfonamides is 1. The number of fused-ring (bicyclic) bond motifs is 1. The highest BCUT2D eigenvalue weighted by Gasteiger charge is 2.35. The monoisotopic (exact) mass is 462 g/mol. The maximum absolute atomic E-state index is 12.8. The van der Waals surface area contributed by atoms with Crippen molar-refractivity contribution in [3.8, 4) is 0 Å². The second-order valence-corrected chi connectivity index (χ2v) is 10.5. The third-order valence-electron chi connectivity index (χ3n) is 4.93. The summed E-state index contributed by atoms with van der Waals surface area (Å²) in [6.07, 6.45) is 0.390. The first-order valence-corrected chi connectivity index (χ1v) is 11.8. The predicted octanol–water partition coefficient (Wildman–Crippen LogP) is 2.92. The maximum Gasteiger partial charge on any atom is 0.250 e. The van der Waals surface area contributed by atoms with Crippen LogP contribution in [0.1, 0.15) is 17.5 Å². The number of nitrogens with one attached hydrogen (secondary N) is 2. The molecule has 1 saturated heterocycles. The van der Waals surface area contributed by atoms with Crippen molar-refractivity contribution in [2.75, 3.05) is 6.54 Å². The molecule has 156 valence electrons. The molecule has 7 nitrogen and oxygen atoms in total. The van der Waals surface area contributed by atoms with Crippen LogP contribution in [0.25, 0.3) is 10.1 Å². The minimum Gasteiger partial charge on any atom is -0.384 e. The molecule has 4 rings (SSSR count). The number of hydrogen-bond acceptors (Lipinski definition) is 5. The topological polar surface area (TPSA) is 116 Å². The average Bonchev–Trinajstić information content (AvgIpc) is 3.27. The van der Waals surface area contributed by atoms with Crippen LogP contribution < -0.4 is 10.5 Å². The lowest BCUT2D eigenvalue weighted by atomic mass is 10.1. The minimum atomic E-state index is -3.83. The number of rotatable bonds is 6. The number of amidine groups is 1. The van der Waals surface area contributed by atoms with Crippen LogP contribution in [0.5, 0.6) is 0 Å². The number of halogens is 1. The molecule has 1 unspecified atom stereocenters. The van der Waals surface area contributed by atoms with E-state index in [1.54, 1.807) is 47.4 Å². The second-order valence-electron chi connectivity index (χ2n) is 7.08. The van der Waals surface area contributed by atoms with Crippen LogP contribution in [0.3, 0.4) is 0 Å². The first-order valence-electron chi connectivity index (χ1n) is 9.16. The zero-order valence-corrected chi connectivity index (χ0v) is 18.2. The van der Waals surface area contributed by atoms with Gasteiger partial charge in [-0.2, -0.15) is 4.72 Å². The number of likely N-dealkylation sites (tertiary alicyclic amines) is 1. The molecule has 2 aromatic carbocycles. The number of thiophene rings is 1. The van der Waals surface area contributed by atoms with Gasteiger partial charge in [0.25, 0.3) is 10.0 Å². The molecule has 1 aromatic heterocycles. The number of amides is 1. The summed E-state index contributed by atoms with van der Waals surface area (Å²) in [5, 5.41) is 8.86. The highest BCUT2D eigenvalue weighted by atomic mass is 35.5. The molecule has 0 spiro atoms. The zero-order valence-electron chi connectivity index (χ0n) is 15.8. The number of carbonyl (C=O) groups excluding carboxylic acids is 1. The molecule has 1 aliphatic heterocycles. The quantitative estimate of drug-likeness (QED) is 0.385. The molecule has 4 N–H and O–H groups in total. The van der Waals surface area contributed by atoms with E-state index in [1.807, 2.05) is 6.07 Å². The summed E-state index contributed by atoms with van der Waals surface area (Å²) < 4.78 is 29.1. The molecule has 0 bridgehead atoms. The lowest BCUT2D eigenvalue weighted by Gasteiger charge is -2.17. The van der Waals surface area contributed by atoms with Crippen molar-refractivity contribution in [2.24, 2.45) is 5.73 Å². The Balaban J connectivity index is 1.48. The Hall–Kier alpha value is -2.46. The van der Waals surface area contributed by atoms with Crippen LogP contribution in [-0.4, -0.2) is 37.6 Å². The van der Waals surface area contributed by atoms with E-state index in [1.165, 1.54) is 0 Å². The van der Waals surface area contributed by atoms with Gasteiger partial charge in [0, 0.05) is 28.4 Å². The van der Waals surface area contributed by atoms with Crippen molar-refractivity contribution < 1.29 is 13.2 Å². The van der Waals surface area contributed by atoms with Crippen molar-refractivity contribution in [3.05, 3.63) is 64.7 Å². The number of carbonyl (C=O) groups is 1. The molecule has 0 radical (unpaired) electrons. The fraction of sp³-hybridized carbons (Fsp3) is 0.200. The number of benzene rings is 2. The summed E-state index contributed by atoms with van der Waals surface area (Å²) in [6, 6.07) is 13.1. The van der Waals surface area contributed by atoms with Gasteiger partial charge in [-0.05, 0) is 41.6 Å². The molecular weight excluding hydrogens is 444 g/mol. The van der Waals surface area contributed by atoms with Gasteiger partial charge in [0.15, 0.2) is 0 Å².